The first-order valence-corrected chi connectivity index (χ1v) is 14.7. The summed E-state index contributed by atoms with van der Waals surface area (Å²) in [6, 6.07) is -0.524. The van der Waals surface area contributed by atoms with Crippen LogP contribution in [-0.2, 0) is 4.79 Å². The van der Waals surface area contributed by atoms with E-state index >= 15 is 0 Å². The molecule has 0 fully saturated rings. The van der Waals surface area contributed by atoms with Crippen molar-refractivity contribution in [3.05, 3.63) is 0 Å². The SMILES string of the molecule is CCCCCCCCCCCCCCCCCCCCCCC(O)C(CO)NC(=O)CCC. The van der Waals surface area contributed by atoms with E-state index in [9.17, 15) is 15.0 Å². The van der Waals surface area contributed by atoms with Gasteiger partial charge in [-0.1, -0.05) is 142 Å². The molecule has 198 valence electrons. The number of aliphatic hydroxyl groups excluding tert-OH is 2. The van der Waals surface area contributed by atoms with Gasteiger partial charge >= 0.3 is 0 Å². The van der Waals surface area contributed by atoms with E-state index in [0.717, 1.165) is 19.3 Å². The summed E-state index contributed by atoms with van der Waals surface area (Å²) in [6.45, 7) is 4.03. The highest BCUT2D eigenvalue weighted by Crippen LogP contribution is 2.15. The lowest BCUT2D eigenvalue weighted by molar-refractivity contribution is -0.123. The van der Waals surface area contributed by atoms with Gasteiger partial charge in [-0.2, -0.15) is 0 Å². The van der Waals surface area contributed by atoms with E-state index in [1.807, 2.05) is 6.92 Å². The molecule has 2 unspecified atom stereocenters. The minimum atomic E-state index is -0.647. The zero-order valence-electron chi connectivity index (χ0n) is 22.4. The van der Waals surface area contributed by atoms with Crippen molar-refractivity contribution in [3.8, 4) is 0 Å². The van der Waals surface area contributed by atoms with Crippen LogP contribution in [0.3, 0.4) is 0 Å². The van der Waals surface area contributed by atoms with Crippen LogP contribution in [-0.4, -0.2) is 34.9 Å². The maximum Gasteiger partial charge on any atom is 0.220 e. The Morgan fingerprint density at radius 3 is 1.30 bits per heavy atom. The topological polar surface area (TPSA) is 69.6 Å². The third-order valence-corrected chi connectivity index (χ3v) is 6.84. The number of carbonyl (C=O) groups is 1. The van der Waals surface area contributed by atoms with Crippen molar-refractivity contribution in [2.24, 2.45) is 0 Å². The summed E-state index contributed by atoms with van der Waals surface area (Å²) in [5.74, 6) is -0.0842. The Hall–Kier alpha value is -0.610. The van der Waals surface area contributed by atoms with Gasteiger partial charge in [-0.05, 0) is 12.8 Å². The molecule has 0 aliphatic heterocycles. The minimum absolute atomic E-state index is 0.0842. The van der Waals surface area contributed by atoms with Crippen LogP contribution in [0.2, 0.25) is 0 Å². The van der Waals surface area contributed by atoms with E-state index in [0.29, 0.717) is 12.8 Å². The van der Waals surface area contributed by atoms with Crippen LogP contribution in [0.25, 0.3) is 0 Å². The summed E-state index contributed by atoms with van der Waals surface area (Å²) >= 11 is 0. The summed E-state index contributed by atoms with van der Waals surface area (Å²) in [7, 11) is 0. The molecule has 4 heteroatoms. The number of carbonyl (C=O) groups excluding carboxylic acids is 1. The lowest BCUT2D eigenvalue weighted by Crippen LogP contribution is -2.45. The zero-order valence-corrected chi connectivity index (χ0v) is 22.4. The molecule has 0 heterocycles. The van der Waals surface area contributed by atoms with Gasteiger partial charge in [0.05, 0.1) is 18.8 Å². The third-order valence-electron chi connectivity index (χ3n) is 6.84. The molecule has 0 rings (SSSR count). The van der Waals surface area contributed by atoms with Gasteiger partial charge in [-0.15, -0.1) is 0 Å². The average Bonchev–Trinajstić information content (AvgIpc) is 2.81. The maximum absolute atomic E-state index is 11.6. The smallest absolute Gasteiger partial charge is 0.220 e. The van der Waals surface area contributed by atoms with Crippen LogP contribution in [0, 0.1) is 0 Å². The Balaban J connectivity index is 3.31. The first-order valence-electron chi connectivity index (χ1n) is 14.7. The maximum atomic E-state index is 11.6. The largest absolute Gasteiger partial charge is 0.394 e. The molecule has 33 heavy (non-hydrogen) atoms. The second-order valence-corrected chi connectivity index (χ2v) is 10.2. The van der Waals surface area contributed by atoms with E-state index in [1.54, 1.807) is 0 Å². The molecule has 0 saturated heterocycles. The summed E-state index contributed by atoms with van der Waals surface area (Å²) < 4.78 is 0. The van der Waals surface area contributed by atoms with Crippen molar-refractivity contribution in [1.82, 2.24) is 5.32 Å². The average molecular weight is 470 g/mol. The number of hydrogen-bond acceptors (Lipinski definition) is 3. The lowest BCUT2D eigenvalue weighted by Gasteiger charge is -2.22. The molecular formula is C29H59NO3. The fraction of sp³-hybridized carbons (Fsp3) is 0.966. The molecule has 0 radical (unpaired) electrons. The Morgan fingerprint density at radius 2 is 0.970 bits per heavy atom. The Labute approximate surface area is 206 Å². The molecule has 0 aliphatic carbocycles. The van der Waals surface area contributed by atoms with Crippen molar-refractivity contribution < 1.29 is 15.0 Å². The fourth-order valence-electron chi connectivity index (χ4n) is 4.58. The molecule has 0 spiro atoms. The molecule has 0 aliphatic rings. The molecule has 4 nitrogen and oxygen atoms in total. The Bertz CT molecular complexity index is 402. The zero-order chi connectivity index (χ0) is 24.4. The van der Waals surface area contributed by atoms with Crippen LogP contribution in [0.5, 0.6) is 0 Å². The number of unbranched alkanes of at least 4 members (excludes halogenated alkanes) is 19. The van der Waals surface area contributed by atoms with Crippen LogP contribution < -0.4 is 5.32 Å². The van der Waals surface area contributed by atoms with Gasteiger partial charge in [0.1, 0.15) is 0 Å². The molecule has 2 atom stereocenters. The van der Waals surface area contributed by atoms with E-state index in [-0.39, 0.29) is 12.5 Å². The van der Waals surface area contributed by atoms with Crippen molar-refractivity contribution in [3.63, 3.8) is 0 Å². The monoisotopic (exact) mass is 469 g/mol. The van der Waals surface area contributed by atoms with Crippen LogP contribution in [0.1, 0.15) is 162 Å². The van der Waals surface area contributed by atoms with Gasteiger partial charge in [0.15, 0.2) is 0 Å². The normalized spacial score (nSPS) is 13.2. The van der Waals surface area contributed by atoms with Crippen LogP contribution >= 0.6 is 0 Å². The quantitative estimate of drug-likeness (QED) is 0.113. The number of hydrogen-bond donors (Lipinski definition) is 3. The first kappa shape index (κ1) is 32.4. The molecule has 0 saturated carbocycles. The lowest BCUT2D eigenvalue weighted by atomic mass is 10.0. The van der Waals surface area contributed by atoms with E-state index in [1.165, 1.54) is 116 Å². The predicted molar refractivity (Wildman–Crippen MR) is 143 cm³/mol. The Morgan fingerprint density at radius 1 is 0.606 bits per heavy atom. The standard InChI is InChI=1S/C29H59NO3/c1-3-5-6-7-8-9-10-11-12-13-14-15-16-17-18-19-20-21-22-23-25-28(32)27(26-31)30-29(33)24-4-2/h27-28,31-32H,3-26H2,1-2H3,(H,30,33). The first-order chi connectivity index (χ1) is 16.2. The van der Waals surface area contributed by atoms with E-state index < -0.39 is 12.1 Å². The summed E-state index contributed by atoms with van der Waals surface area (Å²) in [4.78, 5) is 11.6. The highest BCUT2D eigenvalue weighted by Gasteiger charge is 2.19. The fourth-order valence-corrected chi connectivity index (χ4v) is 4.58. The molecule has 3 N–H and O–H groups in total. The number of rotatable bonds is 26. The molecule has 1 amide bonds. The number of nitrogens with one attached hydrogen (secondary N) is 1. The minimum Gasteiger partial charge on any atom is -0.394 e. The van der Waals surface area contributed by atoms with Gasteiger partial charge in [-0.3, -0.25) is 4.79 Å². The van der Waals surface area contributed by atoms with Crippen molar-refractivity contribution in [2.75, 3.05) is 6.61 Å². The summed E-state index contributed by atoms with van der Waals surface area (Å²) in [6.07, 6.45) is 28.4. The molecule has 0 aromatic heterocycles. The summed E-state index contributed by atoms with van der Waals surface area (Å²) in [5.41, 5.74) is 0. The predicted octanol–water partition coefficient (Wildman–Crippen LogP) is 7.84. The highest BCUT2D eigenvalue weighted by molar-refractivity contribution is 5.76. The second-order valence-electron chi connectivity index (χ2n) is 10.2. The van der Waals surface area contributed by atoms with Crippen molar-refractivity contribution in [1.29, 1.82) is 0 Å². The van der Waals surface area contributed by atoms with Crippen molar-refractivity contribution in [2.45, 2.75) is 174 Å². The number of amides is 1. The second kappa shape index (κ2) is 26.0. The highest BCUT2D eigenvalue weighted by atomic mass is 16.3. The molecule has 0 bridgehead atoms. The molecule has 0 aromatic rings. The molecule has 0 aromatic carbocycles. The van der Waals surface area contributed by atoms with Crippen LogP contribution in [0.15, 0.2) is 0 Å². The third kappa shape index (κ3) is 22.9. The van der Waals surface area contributed by atoms with E-state index in [2.05, 4.69) is 12.2 Å². The van der Waals surface area contributed by atoms with Gasteiger partial charge in [0.2, 0.25) is 5.91 Å². The van der Waals surface area contributed by atoms with Gasteiger partial charge < -0.3 is 15.5 Å². The van der Waals surface area contributed by atoms with Gasteiger partial charge in [0, 0.05) is 6.42 Å². The van der Waals surface area contributed by atoms with Gasteiger partial charge in [-0.25, -0.2) is 0 Å². The van der Waals surface area contributed by atoms with Gasteiger partial charge in [0.25, 0.3) is 0 Å². The number of aliphatic hydroxyl groups is 2. The summed E-state index contributed by atoms with van der Waals surface area (Å²) in [5, 5.41) is 22.3. The molecular weight excluding hydrogens is 410 g/mol. The van der Waals surface area contributed by atoms with Crippen molar-refractivity contribution >= 4 is 5.91 Å². The Kier molecular flexibility index (Phi) is 25.5. The van der Waals surface area contributed by atoms with Crippen LogP contribution in [0.4, 0.5) is 0 Å². The van der Waals surface area contributed by atoms with E-state index in [4.69, 9.17) is 0 Å².